The molecule has 0 spiro atoms. The number of carbonyl (C=O) groups excluding carboxylic acids is 1. The second kappa shape index (κ2) is 7.67. The lowest BCUT2D eigenvalue weighted by molar-refractivity contribution is 0.102. The molecular weight excluding hydrogens is 334 g/mol. The van der Waals surface area contributed by atoms with Gasteiger partial charge in [-0.05, 0) is 36.4 Å². The predicted octanol–water partition coefficient (Wildman–Crippen LogP) is 6.15. The molecule has 1 amide bonds. The van der Waals surface area contributed by atoms with E-state index in [9.17, 15) is 4.79 Å². The largest absolute Gasteiger partial charge is 0.361 e. The molecule has 3 aromatic carbocycles. The van der Waals surface area contributed by atoms with Gasteiger partial charge in [0, 0.05) is 5.69 Å². The third-order valence-corrected chi connectivity index (χ3v) is 4.20. The van der Waals surface area contributed by atoms with Gasteiger partial charge in [0.1, 0.15) is 0 Å². The zero-order valence-corrected chi connectivity index (χ0v) is 14.6. The molecule has 0 radical (unpaired) electrons. The van der Waals surface area contributed by atoms with Crippen molar-refractivity contribution in [3.63, 3.8) is 0 Å². The van der Waals surface area contributed by atoms with Gasteiger partial charge in [0.25, 0.3) is 5.91 Å². The van der Waals surface area contributed by atoms with Crippen LogP contribution in [0, 0.1) is 0 Å². The van der Waals surface area contributed by atoms with E-state index in [0.717, 1.165) is 16.8 Å². The van der Waals surface area contributed by atoms with Crippen molar-refractivity contribution in [2.75, 3.05) is 5.32 Å². The summed E-state index contributed by atoms with van der Waals surface area (Å²) in [6, 6.07) is 32.5. The van der Waals surface area contributed by atoms with Crippen LogP contribution in [0.4, 0.5) is 5.69 Å². The lowest BCUT2D eigenvalue weighted by Gasteiger charge is -2.05. The molecule has 1 aromatic heterocycles. The van der Waals surface area contributed by atoms with Gasteiger partial charge < -0.3 is 5.32 Å². The average Bonchev–Trinajstić information content (AvgIpc) is 2.75. The van der Waals surface area contributed by atoms with Gasteiger partial charge in [-0.15, -0.1) is 0 Å². The van der Waals surface area contributed by atoms with Gasteiger partial charge >= 0.3 is 11.5 Å². The number of carbonyl (C=O) groups is 1. The monoisotopic (exact) mass is 352 g/mol. The van der Waals surface area contributed by atoms with Crippen molar-refractivity contribution in [3.05, 3.63) is 109 Å². The first-order valence-corrected chi connectivity index (χ1v) is 8.75. The fourth-order valence-corrected chi connectivity index (χ4v) is 2.85. The Morgan fingerprint density at radius 2 is 1.07 bits per heavy atom. The molecule has 1 N–H and O–H groups in total. The Labute approximate surface area is 157 Å². The van der Waals surface area contributed by atoms with Crippen LogP contribution >= 0.6 is 0 Å². The van der Waals surface area contributed by atoms with Crippen molar-refractivity contribution in [1.29, 1.82) is 0 Å². The van der Waals surface area contributed by atoms with E-state index < -0.39 is 0 Å². The maximum Gasteiger partial charge on any atom is 0.361 e. The molecule has 0 saturated heterocycles. The van der Waals surface area contributed by atoms with Crippen molar-refractivity contribution < 1.29 is 9.21 Å². The van der Waals surface area contributed by atoms with E-state index in [4.69, 9.17) is 4.42 Å². The fourth-order valence-electron chi connectivity index (χ4n) is 2.85. The Morgan fingerprint density at radius 3 is 1.56 bits per heavy atom. The Hall–Kier alpha value is -3.72. The summed E-state index contributed by atoms with van der Waals surface area (Å²) in [6.07, 6.45) is 0. The number of nitrogens with one attached hydrogen (secondary N) is 1. The van der Waals surface area contributed by atoms with E-state index in [1.807, 2.05) is 91.0 Å². The number of benzene rings is 3. The maximum atomic E-state index is 12.8. The molecule has 0 aliphatic heterocycles. The van der Waals surface area contributed by atoms with Gasteiger partial charge in [0.15, 0.2) is 0 Å². The molecule has 0 unspecified atom stereocenters. The Morgan fingerprint density at radius 1 is 0.630 bits per heavy atom. The third-order valence-electron chi connectivity index (χ3n) is 4.20. The number of amides is 1. The molecule has 3 heteroatoms. The summed E-state index contributed by atoms with van der Waals surface area (Å²) in [4.78, 5) is 12.8. The van der Waals surface area contributed by atoms with Crippen molar-refractivity contribution >= 4 is 11.6 Å². The average molecular weight is 352 g/mol. The standard InChI is InChI=1S/C24H17NO2/c26-24(25-21-14-8-3-9-15-21)20-16-22(18-10-4-1-5-11-18)27-23(17-20)19-12-6-2-7-13-19/h1-17H/p+1. The Balaban J connectivity index is 1.77. The molecule has 3 nitrogen and oxygen atoms in total. The van der Waals surface area contributed by atoms with Gasteiger partial charge in [-0.25, -0.2) is 4.42 Å². The number of hydrogen-bond acceptors (Lipinski definition) is 1. The normalized spacial score (nSPS) is 10.4. The number of anilines is 1. The quantitative estimate of drug-likeness (QED) is 0.448. The smallest absolute Gasteiger partial charge is 0.322 e. The van der Waals surface area contributed by atoms with Gasteiger partial charge in [0.2, 0.25) is 0 Å². The molecule has 1 heterocycles. The van der Waals surface area contributed by atoms with Crippen LogP contribution in [-0.2, 0) is 0 Å². The van der Waals surface area contributed by atoms with Crippen LogP contribution in [0.15, 0.2) is 108 Å². The van der Waals surface area contributed by atoms with Crippen LogP contribution in [0.3, 0.4) is 0 Å². The van der Waals surface area contributed by atoms with Crippen LogP contribution in [-0.4, -0.2) is 5.91 Å². The fraction of sp³-hybridized carbons (Fsp3) is 0. The molecular formula is C24H18NO2+. The first-order valence-electron chi connectivity index (χ1n) is 8.75. The van der Waals surface area contributed by atoms with E-state index in [1.54, 1.807) is 12.1 Å². The highest BCUT2D eigenvalue weighted by atomic mass is 16.3. The van der Waals surface area contributed by atoms with E-state index in [1.165, 1.54) is 0 Å². The lowest BCUT2D eigenvalue weighted by atomic mass is 10.1. The van der Waals surface area contributed by atoms with Gasteiger partial charge in [-0.1, -0.05) is 54.6 Å². The summed E-state index contributed by atoms with van der Waals surface area (Å²) in [7, 11) is 0. The van der Waals surface area contributed by atoms with Crippen molar-refractivity contribution in [3.8, 4) is 22.6 Å². The summed E-state index contributed by atoms with van der Waals surface area (Å²) in [6.45, 7) is 0. The SMILES string of the molecule is O=C(Nc1ccccc1)c1cc(-c2ccccc2)[o+]c(-c2ccccc2)c1. The molecule has 0 bridgehead atoms. The van der Waals surface area contributed by atoms with Crippen molar-refractivity contribution in [2.45, 2.75) is 0 Å². The highest BCUT2D eigenvalue weighted by molar-refractivity contribution is 6.05. The molecule has 0 saturated carbocycles. The van der Waals surface area contributed by atoms with Gasteiger partial charge in [-0.2, -0.15) is 0 Å². The van der Waals surface area contributed by atoms with Crippen LogP contribution in [0.5, 0.6) is 0 Å². The minimum atomic E-state index is -0.175. The Bertz CT molecular complexity index is 988. The number of hydrogen-bond donors (Lipinski definition) is 1. The summed E-state index contributed by atoms with van der Waals surface area (Å²) in [5, 5.41) is 2.93. The molecule has 0 aliphatic carbocycles. The van der Waals surface area contributed by atoms with Crippen LogP contribution in [0.1, 0.15) is 10.4 Å². The minimum absolute atomic E-state index is 0.175. The van der Waals surface area contributed by atoms with E-state index in [2.05, 4.69) is 5.32 Å². The van der Waals surface area contributed by atoms with Crippen molar-refractivity contribution in [2.24, 2.45) is 0 Å². The molecule has 4 rings (SSSR count). The third kappa shape index (κ3) is 3.93. The second-order valence-corrected chi connectivity index (χ2v) is 6.13. The maximum absolute atomic E-state index is 12.8. The molecule has 27 heavy (non-hydrogen) atoms. The van der Waals surface area contributed by atoms with Crippen LogP contribution in [0.25, 0.3) is 22.6 Å². The summed E-state index contributed by atoms with van der Waals surface area (Å²) >= 11 is 0. The number of para-hydroxylation sites is 1. The minimum Gasteiger partial charge on any atom is -0.322 e. The first kappa shape index (κ1) is 16.7. The topological polar surface area (TPSA) is 40.4 Å². The highest BCUT2D eigenvalue weighted by Gasteiger charge is 2.22. The molecule has 0 fully saturated rings. The number of rotatable bonds is 4. The lowest BCUT2D eigenvalue weighted by Crippen LogP contribution is -2.12. The molecule has 130 valence electrons. The Kier molecular flexibility index (Phi) is 4.75. The van der Waals surface area contributed by atoms with Crippen LogP contribution < -0.4 is 5.32 Å². The van der Waals surface area contributed by atoms with Gasteiger partial charge in [0.05, 0.1) is 28.8 Å². The predicted molar refractivity (Wildman–Crippen MR) is 108 cm³/mol. The van der Waals surface area contributed by atoms with E-state index in [-0.39, 0.29) is 5.91 Å². The zero-order chi connectivity index (χ0) is 18.5. The highest BCUT2D eigenvalue weighted by Crippen LogP contribution is 2.28. The molecule has 0 aliphatic rings. The zero-order valence-electron chi connectivity index (χ0n) is 14.6. The van der Waals surface area contributed by atoms with Crippen molar-refractivity contribution in [1.82, 2.24) is 0 Å². The van der Waals surface area contributed by atoms with Gasteiger partial charge in [-0.3, -0.25) is 4.79 Å². The molecule has 4 aromatic rings. The first-order chi connectivity index (χ1) is 13.3. The van der Waals surface area contributed by atoms with E-state index >= 15 is 0 Å². The molecule has 0 atom stereocenters. The summed E-state index contributed by atoms with van der Waals surface area (Å²) in [5.74, 6) is 1.12. The van der Waals surface area contributed by atoms with E-state index in [0.29, 0.717) is 17.1 Å². The van der Waals surface area contributed by atoms with Crippen LogP contribution in [0.2, 0.25) is 0 Å². The summed E-state index contributed by atoms with van der Waals surface area (Å²) < 4.78 is 6.11. The summed E-state index contributed by atoms with van der Waals surface area (Å²) in [5.41, 5.74) is 3.14. The second-order valence-electron chi connectivity index (χ2n) is 6.13.